The highest BCUT2D eigenvalue weighted by Gasteiger charge is 2.35. The fourth-order valence-electron chi connectivity index (χ4n) is 4.30. The van der Waals surface area contributed by atoms with Crippen molar-refractivity contribution >= 4 is 11.9 Å². The van der Waals surface area contributed by atoms with E-state index in [1.807, 2.05) is 18.2 Å². The Kier molecular flexibility index (Phi) is 13.3. The third-order valence-electron chi connectivity index (χ3n) is 6.09. The summed E-state index contributed by atoms with van der Waals surface area (Å²) in [7, 11) is 6.35. The number of ether oxygens (including phenoxy) is 6. The first kappa shape index (κ1) is 30.8. The Hall–Kier alpha value is -3.46. The quantitative estimate of drug-likeness (QED) is 0.184. The van der Waals surface area contributed by atoms with Crippen molar-refractivity contribution in [3.05, 3.63) is 47.0 Å². The standard InChI is InChI=1S/C29H41NO8/c1-7-37-28(31)26(29(32)38-8-2)21-14-16-24(34-4)27(36-6)22(21)12-10-18-30-17-9-11-20-13-15-23(33-3)25(19-20)35-5/h13-16,19,26,30H,7-12,17-18H2,1-6H3. The fourth-order valence-corrected chi connectivity index (χ4v) is 4.30. The van der Waals surface area contributed by atoms with E-state index >= 15 is 0 Å². The van der Waals surface area contributed by atoms with E-state index in [4.69, 9.17) is 28.4 Å². The van der Waals surface area contributed by atoms with Gasteiger partial charge in [-0.05, 0) is 81.9 Å². The van der Waals surface area contributed by atoms with Crippen molar-refractivity contribution in [2.24, 2.45) is 0 Å². The van der Waals surface area contributed by atoms with Gasteiger partial charge in [0.05, 0.1) is 41.7 Å². The number of hydrogen-bond donors (Lipinski definition) is 1. The summed E-state index contributed by atoms with van der Waals surface area (Å²) < 4.78 is 32.2. The molecule has 0 aliphatic rings. The lowest BCUT2D eigenvalue weighted by atomic mass is 9.90. The number of methoxy groups -OCH3 is 4. The highest BCUT2D eigenvalue weighted by molar-refractivity contribution is 6.01. The van der Waals surface area contributed by atoms with E-state index in [-0.39, 0.29) is 13.2 Å². The van der Waals surface area contributed by atoms with E-state index in [1.165, 1.54) is 5.56 Å². The SMILES string of the molecule is CCOC(=O)C(C(=O)OCC)c1ccc(OC)c(OC)c1CCCNCCCc1ccc(OC)c(OC)c1. The van der Waals surface area contributed by atoms with Gasteiger partial charge in [-0.2, -0.15) is 0 Å². The second-order valence-electron chi connectivity index (χ2n) is 8.45. The van der Waals surface area contributed by atoms with Gasteiger partial charge in [0.2, 0.25) is 0 Å². The molecule has 0 saturated heterocycles. The molecule has 0 fully saturated rings. The van der Waals surface area contributed by atoms with E-state index in [1.54, 1.807) is 54.4 Å². The van der Waals surface area contributed by atoms with E-state index in [0.717, 1.165) is 49.4 Å². The zero-order chi connectivity index (χ0) is 27.9. The minimum atomic E-state index is -1.20. The van der Waals surface area contributed by atoms with Crippen LogP contribution in [-0.2, 0) is 31.9 Å². The molecule has 0 atom stereocenters. The van der Waals surface area contributed by atoms with E-state index in [2.05, 4.69) is 5.32 Å². The molecule has 0 radical (unpaired) electrons. The maximum absolute atomic E-state index is 12.8. The lowest BCUT2D eigenvalue weighted by molar-refractivity contribution is -0.157. The van der Waals surface area contributed by atoms with Crippen LogP contribution in [0.4, 0.5) is 0 Å². The number of aryl methyl sites for hydroxylation is 1. The van der Waals surface area contributed by atoms with Crippen LogP contribution in [0.3, 0.4) is 0 Å². The molecule has 9 heteroatoms. The normalized spacial score (nSPS) is 10.7. The van der Waals surface area contributed by atoms with Gasteiger partial charge in [0.15, 0.2) is 28.9 Å². The fraction of sp³-hybridized carbons (Fsp3) is 0.517. The number of nitrogens with one attached hydrogen (secondary N) is 1. The molecule has 38 heavy (non-hydrogen) atoms. The molecule has 2 aromatic carbocycles. The number of hydrogen-bond acceptors (Lipinski definition) is 9. The van der Waals surface area contributed by atoms with Gasteiger partial charge < -0.3 is 33.7 Å². The van der Waals surface area contributed by atoms with Crippen LogP contribution in [-0.4, -0.2) is 66.7 Å². The molecule has 0 saturated carbocycles. The Morgan fingerprint density at radius 3 is 1.87 bits per heavy atom. The van der Waals surface area contributed by atoms with Gasteiger partial charge in [-0.15, -0.1) is 0 Å². The molecule has 0 unspecified atom stereocenters. The molecule has 0 aliphatic heterocycles. The van der Waals surface area contributed by atoms with Crippen LogP contribution in [0.5, 0.6) is 23.0 Å². The molecule has 2 aromatic rings. The number of rotatable bonds is 17. The zero-order valence-electron chi connectivity index (χ0n) is 23.4. The van der Waals surface area contributed by atoms with Crippen molar-refractivity contribution in [3.8, 4) is 23.0 Å². The molecule has 210 valence electrons. The molecule has 2 rings (SSSR count). The smallest absolute Gasteiger partial charge is 0.324 e. The molecular weight excluding hydrogens is 490 g/mol. The third-order valence-corrected chi connectivity index (χ3v) is 6.09. The minimum Gasteiger partial charge on any atom is -0.493 e. The van der Waals surface area contributed by atoms with Gasteiger partial charge in [0, 0.05) is 5.56 Å². The van der Waals surface area contributed by atoms with Gasteiger partial charge in [-0.3, -0.25) is 9.59 Å². The molecule has 0 spiro atoms. The Morgan fingerprint density at radius 1 is 0.737 bits per heavy atom. The molecule has 0 amide bonds. The second kappa shape index (κ2) is 16.4. The summed E-state index contributed by atoms with van der Waals surface area (Å²) in [6, 6.07) is 9.36. The van der Waals surface area contributed by atoms with Crippen LogP contribution in [0.15, 0.2) is 30.3 Å². The summed E-state index contributed by atoms with van der Waals surface area (Å²) in [6.45, 7) is 5.30. The Labute approximate surface area is 225 Å². The van der Waals surface area contributed by atoms with Crippen LogP contribution in [0, 0.1) is 0 Å². The first-order valence-electron chi connectivity index (χ1n) is 12.9. The molecule has 0 aromatic heterocycles. The highest BCUT2D eigenvalue weighted by atomic mass is 16.6. The third kappa shape index (κ3) is 8.28. The van der Waals surface area contributed by atoms with E-state index in [9.17, 15) is 9.59 Å². The zero-order valence-corrected chi connectivity index (χ0v) is 23.4. The number of esters is 2. The van der Waals surface area contributed by atoms with Crippen molar-refractivity contribution < 1.29 is 38.0 Å². The Balaban J connectivity index is 2.06. The monoisotopic (exact) mass is 531 g/mol. The first-order chi connectivity index (χ1) is 18.4. The van der Waals surface area contributed by atoms with Crippen LogP contribution in [0.2, 0.25) is 0 Å². The predicted molar refractivity (Wildman–Crippen MR) is 145 cm³/mol. The van der Waals surface area contributed by atoms with Gasteiger partial charge in [0.25, 0.3) is 0 Å². The van der Waals surface area contributed by atoms with E-state index in [0.29, 0.717) is 23.5 Å². The lowest BCUT2D eigenvalue weighted by Crippen LogP contribution is -2.27. The highest BCUT2D eigenvalue weighted by Crippen LogP contribution is 2.38. The van der Waals surface area contributed by atoms with Crippen molar-refractivity contribution in [3.63, 3.8) is 0 Å². The molecule has 0 heterocycles. The summed E-state index contributed by atoms with van der Waals surface area (Å²) >= 11 is 0. The van der Waals surface area contributed by atoms with E-state index < -0.39 is 17.9 Å². The molecule has 0 aliphatic carbocycles. The largest absolute Gasteiger partial charge is 0.493 e. The number of carbonyl (C=O) groups excluding carboxylic acids is 2. The number of benzene rings is 2. The molecule has 9 nitrogen and oxygen atoms in total. The van der Waals surface area contributed by atoms with Crippen molar-refractivity contribution in [2.45, 2.75) is 45.4 Å². The predicted octanol–water partition coefficient (Wildman–Crippen LogP) is 4.09. The maximum Gasteiger partial charge on any atom is 0.324 e. The number of carbonyl (C=O) groups is 2. The van der Waals surface area contributed by atoms with Crippen LogP contribution in [0.25, 0.3) is 0 Å². The average molecular weight is 532 g/mol. The van der Waals surface area contributed by atoms with Crippen molar-refractivity contribution in [2.75, 3.05) is 54.7 Å². The Morgan fingerprint density at radius 2 is 1.32 bits per heavy atom. The second-order valence-corrected chi connectivity index (χ2v) is 8.45. The first-order valence-corrected chi connectivity index (χ1v) is 12.9. The van der Waals surface area contributed by atoms with Crippen molar-refractivity contribution in [1.29, 1.82) is 0 Å². The minimum absolute atomic E-state index is 0.157. The van der Waals surface area contributed by atoms with Crippen molar-refractivity contribution in [1.82, 2.24) is 5.32 Å². The molecule has 0 bridgehead atoms. The van der Waals surface area contributed by atoms with Gasteiger partial charge in [0.1, 0.15) is 0 Å². The summed E-state index contributed by atoms with van der Waals surface area (Å²) in [4.78, 5) is 25.6. The Bertz CT molecular complexity index is 1020. The van der Waals surface area contributed by atoms with Gasteiger partial charge in [-0.1, -0.05) is 12.1 Å². The van der Waals surface area contributed by atoms with Gasteiger partial charge in [-0.25, -0.2) is 0 Å². The average Bonchev–Trinajstić information content (AvgIpc) is 2.92. The summed E-state index contributed by atoms with van der Waals surface area (Å²) in [5.74, 6) is -0.0166. The maximum atomic E-state index is 12.8. The lowest BCUT2D eigenvalue weighted by Gasteiger charge is -2.21. The topological polar surface area (TPSA) is 102 Å². The van der Waals surface area contributed by atoms with Crippen LogP contribution >= 0.6 is 0 Å². The summed E-state index contributed by atoms with van der Waals surface area (Å²) in [5, 5.41) is 3.47. The van der Waals surface area contributed by atoms with Crippen LogP contribution in [0.1, 0.15) is 49.3 Å². The summed E-state index contributed by atoms with van der Waals surface area (Å²) in [5.41, 5.74) is 2.41. The van der Waals surface area contributed by atoms with Crippen LogP contribution < -0.4 is 24.3 Å². The summed E-state index contributed by atoms with van der Waals surface area (Å²) in [6.07, 6.45) is 3.18. The van der Waals surface area contributed by atoms with Gasteiger partial charge >= 0.3 is 11.9 Å². The molecule has 1 N–H and O–H groups in total. The molecular formula is C29H41NO8.